The van der Waals surface area contributed by atoms with Gasteiger partial charge in [-0.1, -0.05) is 22.6 Å². The van der Waals surface area contributed by atoms with Gasteiger partial charge in [0.25, 0.3) is 0 Å². The fourth-order valence-electron chi connectivity index (χ4n) is 1.39. The summed E-state index contributed by atoms with van der Waals surface area (Å²) in [5.41, 5.74) is -0.153. The van der Waals surface area contributed by atoms with Crippen molar-refractivity contribution in [2.75, 3.05) is 0 Å². The van der Waals surface area contributed by atoms with Crippen molar-refractivity contribution in [2.45, 2.75) is 42.7 Å². The van der Waals surface area contributed by atoms with Crippen molar-refractivity contribution in [3.63, 3.8) is 0 Å². The fourth-order valence-corrected chi connectivity index (χ4v) is 2.40. The normalized spacial score (nSPS) is 40.5. The summed E-state index contributed by atoms with van der Waals surface area (Å²) in [5, 5.41) is 12.6. The molecule has 0 spiro atoms. The molecule has 0 amide bonds. The van der Waals surface area contributed by atoms with E-state index in [0.717, 1.165) is 6.42 Å². The molecule has 0 bridgehead atoms. The maximum Gasteiger partial charge on any atom is 0.0558 e. The van der Waals surface area contributed by atoms with Crippen molar-refractivity contribution in [3.8, 4) is 0 Å². The van der Waals surface area contributed by atoms with Gasteiger partial charge in [-0.3, -0.25) is 0 Å². The molecule has 2 nitrogen and oxygen atoms in total. The molecule has 1 fully saturated rings. The van der Waals surface area contributed by atoms with Crippen LogP contribution in [0.3, 0.4) is 0 Å². The molecule has 59 valence electrons. The van der Waals surface area contributed by atoms with Crippen LogP contribution in [0.1, 0.15) is 27.2 Å². The van der Waals surface area contributed by atoms with Crippen LogP contribution >= 0.6 is 22.6 Å². The Morgan fingerprint density at radius 2 is 2.10 bits per heavy atom. The first-order chi connectivity index (χ1) is 4.46. The summed E-state index contributed by atoms with van der Waals surface area (Å²) in [7, 11) is 0. The number of hydrogen-bond acceptors (Lipinski definition) is 1. The zero-order chi connectivity index (χ0) is 7.94. The second kappa shape index (κ2) is 2.60. The minimum absolute atomic E-state index is 0.153. The molecule has 2 atom stereocenters. The highest BCUT2D eigenvalue weighted by atomic mass is 127. The van der Waals surface area contributed by atoms with E-state index in [1.54, 1.807) is 0 Å². The Morgan fingerprint density at radius 1 is 1.60 bits per heavy atom. The van der Waals surface area contributed by atoms with Crippen LogP contribution in [-0.4, -0.2) is 20.6 Å². The largest absolute Gasteiger partial charge is 0.146 e. The predicted molar refractivity (Wildman–Crippen MR) is 48.5 cm³/mol. The standard InChI is InChI=1S/C7H13INO/c1-5-4-6(8)7(2,3)9(5)10/h5-6H,4H2,1-3H3. The van der Waals surface area contributed by atoms with Crippen LogP contribution in [0.2, 0.25) is 0 Å². The molecule has 1 rings (SSSR count). The summed E-state index contributed by atoms with van der Waals surface area (Å²) in [6.07, 6.45) is 1.02. The predicted octanol–water partition coefficient (Wildman–Crippen LogP) is 2.01. The zero-order valence-corrected chi connectivity index (χ0v) is 8.75. The summed E-state index contributed by atoms with van der Waals surface area (Å²) >= 11 is 2.36. The highest BCUT2D eigenvalue weighted by Gasteiger charge is 2.44. The molecule has 0 aromatic rings. The molecule has 0 aromatic heterocycles. The second-order valence-corrected chi connectivity index (χ2v) is 5.04. The second-order valence-electron chi connectivity index (χ2n) is 3.53. The Balaban J connectivity index is 2.75. The maximum absolute atomic E-state index is 11.3. The van der Waals surface area contributed by atoms with Crippen LogP contribution < -0.4 is 0 Å². The van der Waals surface area contributed by atoms with Gasteiger partial charge in [0.05, 0.1) is 5.54 Å². The topological polar surface area (TPSA) is 23.1 Å². The van der Waals surface area contributed by atoms with E-state index in [0.29, 0.717) is 3.92 Å². The summed E-state index contributed by atoms with van der Waals surface area (Å²) < 4.78 is 0.498. The highest BCUT2D eigenvalue weighted by Crippen LogP contribution is 2.37. The molecule has 1 radical (unpaired) electrons. The van der Waals surface area contributed by atoms with E-state index in [-0.39, 0.29) is 11.6 Å². The number of nitrogens with zero attached hydrogens (tertiary/aromatic N) is 1. The Bertz CT molecular complexity index is 138. The molecule has 1 heterocycles. The summed E-state index contributed by atoms with van der Waals surface area (Å²) in [4.78, 5) is 0. The lowest BCUT2D eigenvalue weighted by molar-refractivity contribution is -0.215. The van der Waals surface area contributed by atoms with E-state index < -0.39 is 0 Å². The Morgan fingerprint density at radius 3 is 2.20 bits per heavy atom. The molecular formula is C7H13INO. The Hall–Kier alpha value is 0.650. The van der Waals surface area contributed by atoms with E-state index in [2.05, 4.69) is 22.6 Å². The summed E-state index contributed by atoms with van der Waals surface area (Å²) in [6, 6.07) is 0.205. The summed E-state index contributed by atoms with van der Waals surface area (Å²) in [5.74, 6) is 0. The van der Waals surface area contributed by atoms with Crippen LogP contribution in [0, 0.1) is 0 Å². The smallest absolute Gasteiger partial charge is 0.0558 e. The van der Waals surface area contributed by atoms with Crippen LogP contribution in [-0.2, 0) is 5.21 Å². The first-order valence-electron chi connectivity index (χ1n) is 3.57. The summed E-state index contributed by atoms with van der Waals surface area (Å²) in [6.45, 7) is 6.02. The first-order valence-corrected chi connectivity index (χ1v) is 4.81. The Kier molecular flexibility index (Phi) is 2.28. The van der Waals surface area contributed by atoms with Crippen molar-refractivity contribution < 1.29 is 5.21 Å². The molecule has 0 saturated carbocycles. The zero-order valence-electron chi connectivity index (χ0n) is 6.60. The van der Waals surface area contributed by atoms with Crippen molar-refractivity contribution in [1.29, 1.82) is 0 Å². The SMILES string of the molecule is CC1CC(I)C(C)(C)N1[O]. The van der Waals surface area contributed by atoms with Gasteiger partial charge >= 0.3 is 0 Å². The molecule has 2 unspecified atom stereocenters. The van der Waals surface area contributed by atoms with Crippen LogP contribution in [0.25, 0.3) is 0 Å². The fraction of sp³-hybridized carbons (Fsp3) is 1.00. The van der Waals surface area contributed by atoms with Gasteiger partial charge in [-0.05, 0) is 27.2 Å². The van der Waals surface area contributed by atoms with Gasteiger partial charge in [-0.15, -0.1) is 10.3 Å². The molecule has 0 N–H and O–H groups in total. The van der Waals surface area contributed by atoms with E-state index in [4.69, 9.17) is 0 Å². The van der Waals surface area contributed by atoms with Gasteiger partial charge in [-0.2, -0.15) is 0 Å². The average Bonchev–Trinajstić information content (AvgIpc) is 1.97. The van der Waals surface area contributed by atoms with Crippen LogP contribution in [0.4, 0.5) is 0 Å². The average molecular weight is 254 g/mol. The lowest BCUT2D eigenvalue weighted by Gasteiger charge is -2.27. The molecule has 0 aliphatic carbocycles. The van der Waals surface area contributed by atoms with Crippen molar-refractivity contribution in [1.82, 2.24) is 5.06 Å². The number of rotatable bonds is 0. The van der Waals surface area contributed by atoms with E-state index in [1.807, 2.05) is 20.8 Å². The lowest BCUT2D eigenvalue weighted by atomic mass is 10.0. The number of hydrogen-bond donors (Lipinski definition) is 0. The molecule has 1 aliphatic rings. The first kappa shape index (κ1) is 8.74. The van der Waals surface area contributed by atoms with Gasteiger partial charge in [-0.25, -0.2) is 0 Å². The Labute approximate surface area is 75.7 Å². The minimum Gasteiger partial charge on any atom is -0.146 e. The maximum atomic E-state index is 11.3. The van der Waals surface area contributed by atoms with Gasteiger partial charge in [0.1, 0.15) is 0 Å². The molecule has 1 aliphatic heterocycles. The quantitative estimate of drug-likeness (QED) is 0.479. The molecule has 3 heteroatoms. The molecule has 0 aromatic carbocycles. The van der Waals surface area contributed by atoms with Crippen LogP contribution in [0.15, 0.2) is 0 Å². The van der Waals surface area contributed by atoms with Gasteiger partial charge < -0.3 is 0 Å². The molecule has 1 saturated heterocycles. The molecule has 10 heavy (non-hydrogen) atoms. The van der Waals surface area contributed by atoms with E-state index in [1.165, 1.54) is 5.06 Å². The van der Waals surface area contributed by atoms with Gasteiger partial charge in [0, 0.05) is 9.97 Å². The van der Waals surface area contributed by atoms with Crippen LogP contribution in [0.5, 0.6) is 0 Å². The van der Waals surface area contributed by atoms with Crippen molar-refractivity contribution in [3.05, 3.63) is 0 Å². The highest BCUT2D eigenvalue weighted by molar-refractivity contribution is 14.1. The third kappa shape index (κ3) is 1.19. The minimum atomic E-state index is -0.153. The number of hydroxylamine groups is 2. The lowest BCUT2D eigenvalue weighted by Crippen LogP contribution is -2.41. The van der Waals surface area contributed by atoms with E-state index in [9.17, 15) is 5.21 Å². The van der Waals surface area contributed by atoms with Crippen molar-refractivity contribution >= 4 is 22.6 Å². The number of alkyl halides is 1. The third-order valence-electron chi connectivity index (χ3n) is 2.28. The number of halogens is 1. The van der Waals surface area contributed by atoms with Gasteiger partial charge in [0.2, 0.25) is 0 Å². The van der Waals surface area contributed by atoms with Crippen molar-refractivity contribution in [2.24, 2.45) is 0 Å². The monoisotopic (exact) mass is 254 g/mol. The molecular weight excluding hydrogens is 241 g/mol. The van der Waals surface area contributed by atoms with Gasteiger partial charge in [0.15, 0.2) is 0 Å². The third-order valence-corrected chi connectivity index (χ3v) is 4.32. The van der Waals surface area contributed by atoms with E-state index >= 15 is 0 Å².